The van der Waals surface area contributed by atoms with Crippen molar-refractivity contribution in [1.82, 2.24) is 14.8 Å². The van der Waals surface area contributed by atoms with Crippen LogP contribution >= 0.6 is 12.4 Å². The van der Waals surface area contributed by atoms with Crippen LogP contribution in [0, 0.1) is 0 Å². The number of piperidine rings is 1. The number of pyridine rings is 1. The van der Waals surface area contributed by atoms with E-state index in [0.717, 1.165) is 12.6 Å². The van der Waals surface area contributed by atoms with Crippen LogP contribution in [0.1, 0.15) is 49.8 Å². The first-order chi connectivity index (χ1) is 14.1. The monoisotopic (exact) mass is 483 g/mol. The molecule has 0 aromatic carbocycles. The van der Waals surface area contributed by atoms with Gasteiger partial charge in [-0.2, -0.15) is 0 Å². The van der Waals surface area contributed by atoms with Crippen LogP contribution in [-0.2, 0) is 26.0 Å². The molecule has 2 aliphatic heterocycles. The molecule has 31 heavy (non-hydrogen) atoms. The van der Waals surface area contributed by atoms with Crippen molar-refractivity contribution < 1.29 is 31.9 Å². The number of hydroxylamine groups is 1. The number of amides is 1. The van der Waals surface area contributed by atoms with Crippen molar-refractivity contribution in [3.05, 3.63) is 29.6 Å². The van der Waals surface area contributed by atoms with Gasteiger partial charge < -0.3 is 4.74 Å². The third-order valence-electron chi connectivity index (χ3n) is 5.88. The zero-order valence-electron chi connectivity index (χ0n) is 17.2. The predicted molar refractivity (Wildman–Crippen MR) is 111 cm³/mol. The highest BCUT2D eigenvalue weighted by Gasteiger charge is 2.54. The van der Waals surface area contributed by atoms with Crippen molar-refractivity contribution in [2.75, 3.05) is 26.3 Å². The van der Waals surface area contributed by atoms with E-state index in [2.05, 4.69) is 4.98 Å². The van der Waals surface area contributed by atoms with Crippen molar-refractivity contribution in [2.45, 2.75) is 55.6 Å². The molecule has 3 rings (SSSR count). The summed E-state index contributed by atoms with van der Waals surface area (Å²) in [5.74, 6) is -3.73. The molecule has 0 saturated carbocycles. The molecule has 0 radical (unpaired) electrons. The largest absolute Gasteiger partial charge is 0.381 e. The standard InChI is InChI=1S/C19H27F2N3O5S.ClH/c1-18(20,21)12-14-2-3-16(22-13-14)15-4-8-24(9-5-15)30(27,28)19(17(25)23-26)6-10-29-11-7-19;/h2-3,13,15,26H,4-12H2,1H3,(H,23,25);1H. The molecule has 2 N–H and O–H groups in total. The molecule has 2 aliphatic rings. The van der Waals surface area contributed by atoms with Gasteiger partial charge in [0.15, 0.2) is 4.75 Å². The molecule has 1 aromatic rings. The molecule has 176 valence electrons. The summed E-state index contributed by atoms with van der Waals surface area (Å²) in [7, 11) is -4.01. The second kappa shape index (κ2) is 10.0. The Morgan fingerprint density at radius 2 is 1.94 bits per heavy atom. The van der Waals surface area contributed by atoms with Gasteiger partial charge >= 0.3 is 0 Å². The van der Waals surface area contributed by atoms with E-state index in [-0.39, 0.29) is 63.9 Å². The molecule has 2 saturated heterocycles. The number of aromatic nitrogens is 1. The summed E-state index contributed by atoms with van der Waals surface area (Å²) in [6.07, 6.45) is 2.03. The highest BCUT2D eigenvalue weighted by Crippen LogP contribution is 2.36. The van der Waals surface area contributed by atoms with Crippen LogP contribution in [0.5, 0.6) is 0 Å². The normalized spacial score (nSPS) is 20.6. The first-order valence-electron chi connectivity index (χ1n) is 9.94. The molecule has 0 spiro atoms. The van der Waals surface area contributed by atoms with Crippen molar-refractivity contribution >= 4 is 28.3 Å². The van der Waals surface area contributed by atoms with Crippen LogP contribution in [0.2, 0.25) is 0 Å². The number of nitrogens with zero attached hydrogens (tertiary/aromatic N) is 2. The lowest BCUT2D eigenvalue weighted by molar-refractivity contribution is -0.134. The summed E-state index contributed by atoms with van der Waals surface area (Å²) in [6.45, 7) is 1.53. The average Bonchev–Trinajstić information content (AvgIpc) is 2.73. The Morgan fingerprint density at radius 1 is 1.32 bits per heavy atom. The van der Waals surface area contributed by atoms with Crippen molar-refractivity contribution in [3.63, 3.8) is 0 Å². The molecular formula is C19H28ClF2N3O5S. The Morgan fingerprint density at radius 3 is 2.42 bits per heavy atom. The quantitative estimate of drug-likeness (QED) is 0.474. The first kappa shape index (κ1) is 25.9. The van der Waals surface area contributed by atoms with Crippen LogP contribution < -0.4 is 5.48 Å². The summed E-state index contributed by atoms with van der Waals surface area (Å²) < 4.78 is 57.7. The van der Waals surface area contributed by atoms with E-state index < -0.39 is 26.6 Å². The first-order valence-corrected chi connectivity index (χ1v) is 11.4. The smallest absolute Gasteiger partial charge is 0.266 e. The maximum absolute atomic E-state index is 13.3. The molecule has 1 amide bonds. The fourth-order valence-corrected chi connectivity index (χ4v) is 6.33. The number of halogens is 3. The molecule has 0 aliphatic carbocycles. The van der Waals surface area contributed by atoms with E-state index in [1.165, 1.54) is 16.0 Å². The maximum atomic E-state index is 13.3. The van der Waals surface area contributed by atoms with Gasteiger partial charge in [0.2, 0.25) is 15.9 Å². The molecule has 2 fully saturated rings. The number of hydrogen-bond donors (Lipinski definition) is 2. The maximum Gasteiger partial charge on any atom is 0.266 e. The molecule has 0 unspecified atom stereocenters. The number of carbonyl (C=O) groups excluding carboxylic acids is 1. The van der Waals surface area contributed by atoms with E-state index in [0.29, 0.717) is 18.4 Å². The Kier molecular flexibility index (Phi) is 8.37. The second-order valence-electron chi connectivity index (χ2n) is 8.06. The average molecular weight is 484 g/mol. The van der Waals surface area contributed by atoms with Gasteiger partial charge in [-0.25, -0.2) is 27.0 Å². The van der Waals surface area contributed by atoms with E-state index in [9.17, 15) is 22.0 Å². The fourth-order valence-electron chi connectivity index (χ4n) is 4.18. The number of rotatable bonds is 6. The van der Waals surface area contributed by atoms with Crippen LogP contribution in [0.25, 0.3) is 0 Å². The Balaban J connectivity index is 0.00000341. The Hall–Kier alpha value is -1.40. The molecular weight excluding hydrogens is 456 g/mol. The van der Waals surface area contributed by atoms with Gasteiger partial charge in [0.05, 0.1) is 0 Å². The lowest BCUT2D eigenvalue weighted by Gasteiger charge is -2.40. The summed E-state index contributed by atoms with van der Waals surface area (Å²) in [6, 6.07) is 3.35. The van der Waals surface area contributed by atoms with Gasteiger partial charge in [0.25, 0.3) is 5.91 Å². The summed E-state index contributed by atoms with van der Waals surface area (Å²) >= 11 is 0. The molecule has 12 heteroatoms. The number of sulfonamides is 1. The Labute approximate surface area is 186 Å². The van der Waals surface area contributed by atoms with Crippen LogP contribution in [-0.4, -0.2) is 65.8 Å². The topological polar surface area (TPSA) is 109 Å². The van der Waals surface area contributed by atoms with Gasteiger partial charge in [-0.15, -0.1) is 12.4 Å². The van der Waals surface area contributed by atoms with Gasteiger partial charge in [-0.05, 0) is 31.4 Å². The van der Waals surface area contributed by atoms with E-state index in [1.54, 1.807) is 12.1 Å². The third kappa shape index (κ3) is 5.51. The molecule has 3 heterocycles. The summed E-state index contributed by atoms with van der Waals surface area (Å²) in [4.78, 5) is 16.6. The zero-order valence-corrected chi connectivity index (χ0v) is 18.9. The highest BCUT2D eigenvalue weighted by atomic mass is 35.5. The predicted octanol–water partition coefficient (Wildman–Crippen LogP) is 2.26. The lowest BCUT2D eigenvalue weighted by Crippen LogP contribution is -2.60. The molecule has 1 aromatic heterocycles. The van der Waals surface area contributed by atoms with Crippen molar-refractivity contribution in [1.29, 1.82) is 0 Å². The van der Waals surface area contributed by atoms with Gasteiger partial charge in [0, 0.05) is 63.4 Å². The number of ether oxygens (including phenoxy) is 1. The van der Waals surface area contributed by atoms with Crippen LogP contribution in [0.15, 0.2) is 18.3 Å². The molecule has 0 atom stereocenters. The number of hydrogen-bond acceptors (Lipinski definition) is 6. The molecule has 8 nitrogen and oxygen atoms in total. The minimum Gasteiger partial charge on any atom is -0.381 e. The van der Waals surface area contributed by atoms with Crippen molar-refractivity contribution in [2.24, 2.45) is 0 Å². The van der Waals surface area contributed by atoms with Crippen molar-refractivity contribution in [3.8, 4) is 0 Å². The number of nitrogens with one attached hydrogen (secondary N) is 1. The van der Waals surface area contributed by atoms with Gasteiger partial charge in [-0.3, -0.25) is 15.0 Å². The number of carbonyl (C=O) groups is 1. The van der Waals surface area contributed by atoms with Gasteiger partial charge in [-0.1, -0.05) is 6.07 Å². The van der Waals surface area contributed by atoms with Crippen LogP contribution in [0.4, 0.5) is 8.78 Å². The van der Waals surface area contributed by atoms with E-state index in [1.807, 2.05) is 0 Å². The van der Waals surface area contributed by atoms with Crippen LogP contribution in [0.3, 0.4) is 0 Å². The molecule has 0 bridgehead atoms. The minimum absolute atomic E-state index is 0. The minimum atomic E-state index is -4.01. The third-order valence-corrected chi connectivity index (χ3v) is 8.51. The van der Waals surface area contributed by atoms with E-state index in [4.69, 9.17) is 9.94 Å². The zero-order chi connectivity index (χ0) is 22.0. The second-order valence-corrected chi connectivity index (χ2v) is 10.3. The Bertz CT molecular complexity index is 850. The number of alkyl halides is 2. The summed E-state index contributed by atoms with van der Waals surface area (Å²) in [5, 5.41) is 9.12. The lowest BCUT2D eigenvalue weighted by atomic mass is 9.93. The fraction of sp³-hybridized carbons (Fsp3) is 0.684. The summed E-state index contributed by atoms with van der Waals surface area (Å²) in [5.41, 5.74) is 2.70. The van der Waals surface area contributed by atoms with E-state index >= 15 is 0 Å². The van der Waals surface area contributed by atoms with Gasteiger partial charge in [0.1, 0.15) is 0 Å². The SMILES string of the molecule is CC(F)(F)Cc1ccc(C2CCN(S(=O)(=O)C3(C(=O)NO)CCOCC3)CC2)nc1.Cl. The highest BCUT2D eigenvalue weighted by molar-refractivity contribution is 7.91.